The number of benzene rings is 2. The van der Waals surface area contributed by atoms with Crippen molar-refractivity contribution in [2.45, 2.75) is 12.3 Å². The molecule has 4 heteroatoms. The molecule has 3 aromatic rings. The van der Waals surface area contributed by atoms with Crippen molar-refractivity contribution in [2.24, 2.45) is 0 Å². The molecule has 0 aliphatic carbocycles. The van der Waals surface area contributed by atoms with Crippen LogP contribution in [-0.2, 0) is 11.2 Å². The number of aromatic nitrogens is 1. The second-order valence-electron chi connectivity index (χ2n) is 6.33. The first-order chi connectivity index (χ1) is 12.6. The van der Waals surface area contributed by atoms with Gasteiger partial charge >= 0.3 is 0 Å². The highest BCUT2D eigenvalue weighted by atomic mass is 16.5. The van der Waals surface area contributed by atoms with Gasteiger partial charge in [0, 0.05) is 26.5 Å². The largest absolute Gasteiger partial charge is 0.457 e. The van der Waals surface area contributed by atoms with Crippen LogP contribution in [-0.4, -0.2) is 29.9 Å². The standard InChI is InChI=1S/C22H22N2O2/c1-24(2)22(25)21(15-17-7-6-14-23-16-17)18-10-12-20(13-11-18)26-19-8-4-3-5-9-19/h3-14,16,21H,15H2,1-2H3. The summed E-state index contributed by atoms with van der Waals surface area (Å²) in [6, 6.07) is 21.3. The van der Waals surface area contributed by atoms with Crippen molar-refractivity contribution in [3.63, 3.8) is 0 Å². The number of hydrogen-bond donors (Lipinski definition) is 0. The number of hydrogen-bond acceptors (Lipinski definition) is 3. The molecule has 0 N–H and O–H groups in total. The van der Waals surface area contributed by atoms with Gasteiger partial charge in [-0.15, -0.1) is 0 Å². The summed E-state index contributed by atoms with van der Waals surface area (Å²) in [6.07, 6.45) is 4.16. The number of nitrogens with zero attached hydrogens (tertiary/aromatic N) is 2. The smallest absolute Gasteiger partial charge is 0.229 e. The molecule has 0 bridgehead atoms. The SMILES string of the molecule is CN(C)C(=O)C(Cc1cccnc1)c1ccc(Oc2ccccc2)cc1. The molecule has 0 aliphatic heterocycles. The predicted octanol–water partition coefficient (Wildman–Crippen LogP) is 4.29. The van der Waals surface area contributed by atoms with Crippen LogP contribution in [0.4, 0.5) is 0 Å². The van der Waals surface area contributed by atoms with Crippen LogP contribution < -0.4 is 4.74 Å². The third kappa shape index (κ3) is 4.48. The number of para-hydroxylation sites is 1. The molecule has 0 radical (unpaired) electrons. The predicted molar refractivity (Wildman–Crippen MR) is 102 cm³/mol. The molecule has 0 saturated carbocycles. The number of likely N-dealkylation sites (N-methyl/N-ethyl adjacent to an activating group) is 1. The zero-order valence-corrected chi connectivity index (χ0v) is 15.0. The van der Waals surface area contributed by atoms with Crippen molar-refractivity contribution < 1.29 is 9.53 Å². The zero-order valence-electron chi connectivity index (χ0n) is 15.0. The monoisotopic (exact) mass is 346 g/mol. The third-order valence-electron chi connectivity index (χ3n) is 4.16. The number of amides is 1. The molecule has 1 atom stereocenters. The lowest BCUT2D eigenvalue weighted by atomic mass is 9.91. The van der Waals surface area contributed by atoms with E-state index < -0.39 is 0 Å². The summed E-state index contributed by atoms with van der Waals surface area (Å²) in [4.78, 5) is 18.5. The fourth-order valence-corrected chi connectivity index (χ4v) is 2.81. The molecular weight excluding hydrogens is 324 g/mol. The molecule has 26 heavy (non-hydrogen) atoms. The topological polar surface area (TPSA) is 42.4 Å². The van der Waals surface area contributed by atoms with Gasteiger partial charge in [-0.05, 0) is 47.9 Å². The van der Waals surface area contributed by atoms with E-state index in [1.807, 2.05) is 72.9 Å². The van der Waals surface area contributed by atoms with Crippen molar-refractivity contribution in [3.8, 4) is 11.5 Å². The Morgan fingerprint density at radius 2 is 1.65 bits per heavy atom. The summed E-state index contributed by atoms with van der Waals surface area (Å²) >= 11 is 0. The Morgan fingerprint density at radius 1 is 0.962 bits per heavy atom. The molecule has 1 heterocycles. The maximum Gasteiger partial charge on any atom is 0.229 e. The van der Waals surface area contributed by atoms with Gasteiger partial charge in [-0.3, -0.25) is 9.78 Å². The summed E-state index contributed by atoms with van der Waals surface area (Å²) in [5, 5.41) is 0. The van der Waals surface area contributed by atoms with Crippen LogP contribution in [0.2, 0.25) is 0 Å². The van der Waals surface area contributed by atoms with E-state index in [4.69, 9.17) is 4.74 Å². The minimum Gasteiger partial charge on any atom is -0.457 e. The first kappa shape index (κ1) is 17.7. The van der Waals surface area contributed by atoms with E-state index in [1.54, 1.807) is 25.2 Å². The highest BCUT2D eigenvalue weighted by Gasteiger charge is 2.23. The van der Waals surface area contributed by atoms with Crippen LogP contribution in [0.1, 0.15) is 17.0 Å². The van der Waals surface area contributed by atoms with E-state index in [1.165, 1.54) is 0 Å². The van der Waals surface area contributed by atoms with Gasteiger partial charge in [0.25, 0.3) is 0 Å². The lowest BCUT2D eigenvalue weighted by molar-refractivity contribution is -0.130. The first-order valence-corrected chi connectivity index (χ1v) is 8.56. The highest BCUT2D eigenvalue weighted by molar-refractivity contribution is 5.83. The van der Waals surface area contributed by atoms with Crippen LogP contribution >= 0.6 is 0 Å². The van der Waals surface area contributed by atoms with Crippen LogP contribution in [0.5, 0.6) is 11.5 Å². The van der Waals surface area contributed by atoms with E-state index in [-0.39, 0.29) is 11.8 Å². The molecule has 1 aromatic heterocycles. The van der Waals surface area contributed by atoms with Crippen molar-refractivity contribution >= 4 is 5.91 Å². The van der Waals surface area contributed by atoms with Crippen molar-refractivity contribution in [3.05, 3.63) is 90.3 Å². The quantitative estimate of drug-likeness (QED) is 0.669. The van der Waals surface area contributed by atoms with Crippen LogP contribution in [0, 0.1) is 0 Å². The van der Waals surface area contributed by atoms with E-state index in [9.17, 15) is 4.79 Å². The summed E-state index contributed by atoms with van der Waals surface area (Å²) in [7, 11) is 3.57. The molecule has 0 saturated heterocycles. The van der Waals surface area contributed by atoms with Crippen LogP contribution in [0.15, 0.2) is 79.1 Å². The maximum absolute atomic E-state index is 12.7. The van der Waals surface area contributed by atoms with Crippen LogP contribution in [0.25, 0.3) is 0 Å². The Labute approximate surface area is 154 Å². The molecule has 4 nitrogen and oxygen atoms in total. The van der Waals surface area contributed by atoms with Gasteiger partial charge in [-0.25, -0.2) is 0 Å². The molecule has 132 valence electrons. The molecule has 1 amide bonds. The summed E-state index contributed by atoms with van der Waals surface area (Å²) in [6.45, 7) is 0. The number of carbonyl (C=O) groups is 1. The lowest BCUT2D eigenvalue weighted by Crippen LogP contribution is -2.29. The number of carbonyl (C=O) groups excluding carboxylic acids is 1. The maximum atomic E-state index is 12.7. The van der Waals surface area contributed by atoms with E-state index in [2.05, 4.69) is 4.98 Å². The Kier molecular flexibility index (Phi) is 5.64. The fraction of sp³-hybridized carbons (Fsp3) is 0.182. The summed E-state index contributed by atoms with van der Waals surface area (Å²) in [5.41, 5.74) is 2.00. The molecule has 2 aromatic carbocycles. The van der Waals surface area contributed by atoms with Gasteiger partial charge in [0.2, 0.25) is 5.91 Å². The Hall–Kier alpha value is -3.14. The van der Waals surface area contributed by atoms with Crippen LogP contribution in [0.3, 0.4) is 0 Å². The van der Waals surface area contributed by atoms with Gasteiger partial charge in [-0.1, -0.05) is 36.4 Å². The number of ether oxygens (including phenoxy) is 1. The second kappa shape index (κ2) is 8.30. The number of rotatable bonds is 6. The molecule has 0 spiro atoms. The van der Waals surface area contributed by atoms with Gasteiger partial charge in [0.1, 0.15) is 11.5 Å². The summed E-state index contributed by atoms with van der Waals surface area (Å²) in [5.74, 6) is 1.36. The van der Waals surface area contributed by atoms with E-state index >= 15 is 0 Å². The molecule has 3 rings (SSSR count). The minimum atomic E-state index is -0.250. The average Bonchev–Trinajstić information content (AvgIpc) is 2.68. The molecule has 0 fully saturated rings. The van der Waals surface area contributed by atoms with Gasteiger partial charge in [0.05, 0.1) is 5.92 Å². The average molecular weight is 346 g/mol. The third-order valence-corrected chi connectivity index (χ3v) is 4.16. The van der Waals surface area contributed by atoms with Crippen molar-refractivity contribution in [2.75, 3.05) is 14.1 Å². The van der Waals surface area contributed by atoms with Gasteiger partial charge in [0.15, 0.2) is 0 Å². The fourth-order valence-electron chi connectivity index (χ4n) is 2.81. The molecule has 1 unspecified atom stereocenters. The first-order valence-electron chi connectivity index (χ1n) is 8.56. The Bertz CT molecular complexity index is 831. The number of pyridine rings is 1. The van der Waals surface area contributed by atoms with E-state index in [0.29, 0.717) is 6.42 Å². The molecule has 0 aliphatic rings. The lowest BCUT2D eigenvalue weighted by Gasteiger charge is -2.21. The Balaban J connectivity index is 1.81. The minimum absolute atomic E-state index is 0.0746. The van der Waals surface area contributed by atoms with Crippen molar-refractivity contribution in [1.82, 2.24) is 9.88 Å². The highest BCUT2D eigenvalue weighted by Crippen LogP contribution is 2.27. The van der Waals surface area contributed by atoms with Gasteiger partial charge in [-0.2, -0.15) is 0 Å². The van der Waals surface area contributed by atoms with E-state index in [0.717, 1.165) is 22.6 Å². The normalized spacial score (nSPS) is 11.6. The molecular formula is C22H22N2O2. The van der Waals surface area contributed by atoms with Gasteiger partial charge < -0.3 is 9.64 Å². The Morgan fingerprint density at radius 3 is 2.27 bits per heavy atom. The zero-order chi connectivity index (χ0) is 18.4. The second-order valence-corrected chi connectivity index (χ2v) is 6.33. The van der Waals surface area contributed by atoms with Crippen molar-refractivity contribution in [1.29, 1.82) is 0 Å². The summed E-state index contributed by atoms with van der Waals surface area (Å²) < 4.78 is 5.83.